The van der Waals surface area contributed by atoms with E-state index in [-0.39, 0.29) is 11.5 Å². The largest absolute Gasteiger partial charge is 0.481 e. The summed E-state index contributed by atoms with van der Waals surface area (Å²) in [5.74, 6) is 0.377. The first-order chi connectivity index (χ1) is 10.7. The first-order valence-electron chi connectivity index (χ1n) is 9.56. The molecule has 5 unspecified atom stereocenters. The molecule has 2 saturated carbocycles. The third kappa shape index (κ3) is 2.83. The second kappa shape index (κ2) is 5.75. The molecule has 0 aromatic heterocycles. The number of fused-ring (bicyclic) bond motifs is 3. The van der Waals surface area contributed by atoms with E-state index < -0.39 is 5.97 Å². The van der Waals surface area contributed by atoms with Gasteiger partial charge in [-0.25, -0.2) is 0 Å². The van der Waals surface area contributed by atoms with Crippen LogP contribution in [0, 0.1) is 28.6 Å². The summed E-state index contributed by atoms with van der Waals surface area (Å²) in [4.78, 5) is 11.5. The van der Waals surface area contributed by atoms with Gasteiger partial charge in [0.15, 0.2) is 0 Å². The molecule has 132 valence electrons. The molecular formula is C20H34O3. The van der Waals surface area contributed by atoms with E-state index in [0.29, 0.717) is 29.8 Å². The minimum atomic E-state index is -0.640. The number of hydrogen-bond acceptors (Lipinski definition) is 2. The molecule has 0 aromatic carbocycles. The normalized spacial score (nSPS) is 46.9. The minimum absolute atomic E-state index is 0.0534. The van der Waals surface area contributed by atoms with Crippen LogP contribution in [0.25, 0.3) is 0 Å². The summed E-state index contributed by atoms with van der Waals surface area (Å²) in [6.45, 7) is 10.3. The van der Waals surface area contributed by atoms with Crippen molar-refractivity contribution in [3.63, 3.8) is 0 Å². The lowest BCUT2D eigenvalue weighted by molar-refractivity contribution is -0.202. The van der Waals surface area contributed by atoms with Crippen molar-refractivity contribution in [2.24, 2.45) is 28.6 Å². The molecule has 1 heterocycles. The third-order valence-electron chi connectivity index (χ3n) is 7.79. The maximum atomic E-state index is 11.5. The number of carboxylic acids is 1. The van der Waals surface area contributed by atoms with Crippen LogP contribution in [0.4, 0.5) is 0 Å². The van der Waals surface area contributed by atoms with Crippen LogP contribution >= 0.6 is 0 Å². The van der Waals surface area contributed by atoms with Gasteiger partial charge in [0.25, 0.3) is 0 Å². The average molecular weight is 322 g/mol. The van der Waals surface area contributed by atoms with Gasteiger partial charge in [-0.05, 0) is 74.5 Å². The van der Waals surface area contributed by atoms with E-state index in [9.17, 15) is 9.90 Å². The van der Waals surface area contributed by atoms with Crippen molar-refractivity contribution in [1.82, 2.24) is 0 Å². The molecule has 0 spiro atoms. The van der Waals surface area contributed by atoms with Crippen LogP contribution in [0.2, 0.25) is 0 Å². The number of hydrogen-bond donors (Lipinski definition) is 1. The van der Waals surface area contributed by atoms with Gasteiger partial charge in [0.05, 0.1) is 11.5 Å². The maximum absolute atomic E-state index is 11.5. The maximum Gasteiger partial charge on any atom is 0.306 e. The lowest BCUT2D eigenvalue weighted by Gasteiger charge is -2.62. The number of aliphatic carboxylic acids is 1. The summed E-state index contributed by atoms with van der Waals surface area (Å²) in [5.41, 5.74) is 0.653. The Hall–Kier alpha value is -0.570. The Kier molecular flexibility index (Phi) is 4.32. The van der Waals surface area contributed by atoms with Crippen LogP contribution in [-0.4, -0.2) is 23.3 Å². The Balaban J connectivity index is 1.90. The van der Waals surface area contributed by atoms with Gasteiger partial charge in [0.1, 0.15) is 0 Å². The highest BCUT2D eigenvalue weighted by Gasteiger charge is 2.58. The third-order valence-corrected chi connectivity index (χ3v) is 7.79. The van der Waals surface area contributed by atoms with Crippen molar-refractivity contribution in [1.29, 1.82) is 0 Å². The molecule has 0 bridgehead atoms. The molecule has 23 heavy (non-hydrogen) atoms. The van der Waals surface area contributed by atoms with Crippen LogP contribution in [0.3, 0.4) is 0 Å². The Morgan fingerprint density at radius 2 is 1.70 bits per heavy atom. The highest BCUT2D eigenvalue weighted by Crippen LogP contribution is 2.64. The Morgan fingerprint density at radius 1 is 0.957 bits per heavy atom. The van der Waals surface area contributed by atoms with E-state index in [2.05, 4.69) is 27.7 Å². The van der Waals surface area contributed by atoms with Crippen molar-refractivity contribution in [2.45, 2.75) is 84.7 Å². The monoisotopic (exact) mass is 322 g/mol. The first kappa shape index (κ1) is 17.3. The van der Waals surface area contributed by atoms with Crippen molar-refractivity contribution >= 4 is 5.97 Å². The van der Waals surface area contributed by atoms with Crippen LogP contribution in [0.1, 0.15) is 79.1 Å². The van der Waals surface area contributed by atoms with Crippen LogP contribution < -0.4 is 0 Å². The molecule has 3 aliphatic rings. The van der Waals surface area contributed by atoms with E-state index in [4.69, 9.17) is 4.74 Å². The van der Waals surface area contributed by atoms with E-state index in [1.165, 1.54) is 25.7 Å². The Bertz CT molecular complexity index is 472. The van der Waals surface area contributed by atoms with E-state index in [1.54, 1.807) is 0 Å². The fourth-order valence-electron chi connectivity index (χ4n) is 6.61. The predicted molar refractivity (Wildman–Crippen MR) is 91.3 cm³/mol. The summed E-state index contributed by atoms with van der Waals surface area (Å²) < 4.78 is 6.37. The lowest BCUT2D eigenvalue weighted by Crippen LogP contribution is -2.59. The smallest absolute Gasteiger partial charge is 0.306 e. The van der Waals surface area contributed by atoms with Crippen LogP contribution in [0.15, 0.2) is 0 Å². The molecule has 3 rings (SSSR count). The molecule has 5 atom stereocenters. The van der Waals surface area contributed by atoms with E-state index >= 15 is 0 Å². The molecule has 1 N–H and O–H groups in total. The van der Waals surface area contributed by atoms with Crippen molar-refractivity contribution in [3.05, 3.63) is 0 Å². The van der Waals surface area contributed by atoms with Gasteiger partial charge in [-0.2, -0.15) is 0 Å². The molecule has 0 radical (unpaired) electrons. The summed E-state index contributed by atoms with van der Waals surface area (Å²) in [7, 11) is 0. The number of rotatable bonds is 1. The van der Waals surface area contributed by atoms with Gasteiger partial charge >= 0.3 is 5.97 Å². The molecule has 1 saturated heterocycles. The topological polar surface area (TPSA) is 46.5 Å². The van der Waals surface area contributed by atoms with Crippen molar-refractivity contribution in [3.8, 4) is 0 Å². The van der Waals surface area contributed by atoms with Crippen LogP contribution in [-0.2, 0) is 9.53 Å². The molecule has 3 heteroatoms. The van der Waals surface area contributed by atoms with E-state index in [1.807, 2.05) is 0 Å². The van der Waals surface area contributed by atoms with Gasteiger partial charge in [0.2, 0.25) is 0 Å². The standard InChI is InChI=1S/C20H34O3/c1-18(2)10-5-11-19(3)15(18)8-12-20(4)16(19)7-6-14(17(21)22)9-13-23-20/h14-16H,5-13H2,1-4H3,(H,21,22). The zero-order chi connectivity index (χ0) is 16.9. The number of carbonyl (C=O) groups is 1. The molecule has 3 nitrogen and oxygen atoms in total. The molecule has 3 fully saturated rings. The fourth-order valence-corrected chi connectivity index (χ4v) is 6.61. The van der Waals surface area contributed by atoms with Gasteiger partial charge in [-0.15, -0.1) is 0 Å². The quantitative estimate of drug-likeness (QED) is 0.747. The second-order valence-electron chi connectivity index (χ2n) is 9.55. The Labute approximate surface area is 141 Å². The zero-order valence-corrected chi connectivity index (χ0v) is 15.4. The lowest BCUT2D eigenvalue weighted by atomic mass is 9.45. The SMILES string of the molecule is CC1(C)CCCC2(C)C1CCC1(C)OCCC(C(=O)O)CCC12. The highest BCUT2D eigenvalue weighted by molar-refractivity contribution is 5.69. The molecule has 1 aliphatic heterocycles. The Morgan fingerprint density at radius 3 is 2.39 bits per heavy atom. The summed E-state index contributed by atoms with van der Waals surface area (Å²) in [6.07, 6.45) is 8.81. The van der Waals surface area contributed by atoms with Gasteiger partial charge in [0, 0.05) is 6.61 Å². The summed E-state index contributed by atoms with van der Waals surface area (Å²) in [6, 6.07) is 0. The fraction of sp³-hybridized carbons (Fsp3) is 0.950. The summed E-state index contributed by atoms with van der Waals surface area (Å²) in [5, 5.41) is 9.44. The molecule has 2 aliphatic carbocycles. The van der Waals surface area contributed by atoms with Gasteiger partial charge in [-0.1, -0.05) is 27.2 Å². The predicted octanol–water partition coefficient (Wildman–Crippen LogP) is 4.89. The first-order valence-corrected chi connectivity index (χ1v) is 9.56. The molecule has 0 amide bonds. The van der Waals surface area contributed by atoms with E-state index in [0.717, 1.165) is 25.2 Å². The average Bonchev–Trinajstić information content (AvgIpc) is 2.40. The molecular weight excluding hydrogens is 288 g/mol. The second-order valence-corrected chi connectivity index (χ2v) is 9.55. The van der Waals surface area contributed by atoms with Crippen molar-refractivity contribution in [2.75, 3.05) is 6.61 Å². The molecule has 0 aromatic rings. The highest BCUT2D eigenvalue weighted by atomic mass is 16.5. The van der Waals surface area contributed by atoms with Gasteiger partial charge in [-0.3, -0.25) is 4.79 Å². The van der Waals surface area contributed by atoms with Gasteiger partial charge < -0.3 is 9.84 Å². The van der Waals surface area contributed by atoms with Crippen LogP contribution in [0.5, 0.6) is 0 Å². The minimum Gasteiger partial charge on any atom is -0.481 e. The number of ether oxygens (including phenoxy) is 1. The zero-order valence-electron chi connectivity index (χ0n) is 15.4. The summed E-state index contributed by atoms with van der Waals surface area (Å²) >= 11 is 0. The van der Waals surface area contributed by atoms with Crippen molar-refractivity contribution < 1.29 is 14.6 Å². The number of carboxylic acid groups (broad SMARTS) is 1.